The van der Waals surface area contributed by atoms with Crippen molar-refractivity contribution < 1.29 is 17.4 Å². The van der Waals surface area contributed by atoms with E-state index in [2.05, 4.69) is 9.34 Å². The standard InChI is InChI=1S/C11H15NO4S/c1-10(8-16-17(2,13)14)12-15-9-11-6-4-3-5-7-11/h3-7H,8-9H2,1-2H3/b12-10+. The van der Waals surface area contributed by atoms with Crippen LogP contribution in [0.4, 0.5) is 0 Å². The first kappa shape index (κ1) is 13.7. The number of hydrogen-bond acceptors (Lipinski definition) is 5. The summed E-state index contributed by atoms with van der Waals surface area (Å²) in [4.78, 5) is 5.06. The average molecular weight is 257 g/mol. The SMILES string of the molecule is C/C(COS(C)(=O)=O)=N\OCc1ccccc1. The van der Waals surface area contributed by atoms with Crippen LogP contribution in [0.1, 0.15) is 12.5 Å². The minimum atomic E-state index is -3.43. The highest BCUT2D eigenvalue weighted by atomic mass is 32.2. The molecule has 6 heteroatoms. The fraction of sp³-hybridized carbons (Fsp3) is 0.364. The molecule has 0 N–H and O–H groups in total. The molecule has 0 bridgehead atoms. The summed E-state index contributed by atoms with van der Waals surface area (Å²) in [5.74, 6) is 0. The Labute approximate surface area is 101 Å². The molecular formula is C11H15NO4S. The van der Waals surface area contributed by atoms with Crippen molar-refractivity contribution >= 4 is 15.8 Å². The van der Waals surface area contributed by atoms with Crippen molar-refractivity contribution in [3.05, 3.63) is 35.9 Å². The summed E-state index contributed by atoms with van der Waals surface area (Å²) in [6, 6.07) is 9.55. The molecule has 0 saturated heterocycles. The molecule has 0 saturated carbocycles. The Bertz CT molecular complexity index is 468. The van der Waals surface area contributed by atoms with Gasteiger partial charge < -0.3 is 4.84 Å². The highest BCUT2D eigenvalue weighted by molar-refractivity contribution is 7.86. The first-order valence-electron chi connectivity index (χ1n) is 5.01. The van der Waals surface area contributed by atoms with Crippen LogP contribution in [-0.4, -0.2) is 27.0 Å². The molecule has 17 heavy (non-hydrogen) atoms. The number of nitrogens with zero attached hydrogens (tertiary/aromatic N) is 1. The molecule has 0 atom stereocenters. The van der Waals surface area contributed by atoms with Crippen LogP contribution in [0.25, 0.3) is 0 Å². The van der Waals surface area contributed by atoms with Gasteiger partial charge in [0.25, 0.3) is 10.1 Å². The summed E-state index contributed by atoms with van der Waals surface area (Å²) in [6.07, 6.45) is 0.991. The first-order valence-corrected chi connectivity index (χ1v) is 6.83. The summed E-state index contributed by atoms with van der Waals surface area (Å²) >= 11 is 0. The zero-order valence-corrected chi connectivity index (χ0v) is 10.6. The van der Waals surface area contributed by atoms with E-state index in [1.807, 2.05) is 30.3 Å². The van der Waals surface area contributed by atoms with Crippen molar-refractivity contribution in [2.45, 2.75) is 13.5 Å². The molecule has 94 valence electrons. The van der Waals surface area contributed by atoms with Gasteiger partial charge in [0.15, 0.2) is 0 Å². The van der Waals surface area contributed by atoms with E-state index in [9.17, 15) is 8.42 Å². The molecule has 0 aliphatic carbocycles. The molecular weight excluding hydrogens is 242 g/mol. The monoisotopic (exact) mass is 257 g/mol. The molecule has 0 aromatic heterocycles. The molecule has 0 unspecified atom stereocenters. The summed E-state index contributed by atoms with van der Waals surface area (Å²) in [6.45, 7) is 1.89. The second kappa shape index (κ2) is 6.36. The molecule has 0 aliphatic rings. The van der Waals surface area contributed by atoms with Gasteiger partial charge in [-0.25, -0.2) is 0 Å². The van der Waals surface area contributed by atoms with Crippen LogP contribution in [0.2, 0.25) is 0 Å². The van der Waals surface area contributed by atoms with E-state index >= 15 is 0 Å². The summed E-state index contributed by atoms with van der Waals surface area (Å²) in [5.41, 5.74) is 1.46. The highest BCUT2D eigenvalue weighted by Crippen LogP contribution is 2.00. The lowest BCUT2D eigenvalue weighted by molar-refractivity contribution is 0.128. The fourth-order valence-corrected chi connectivity index (χ4v) is 1.39. The molecule has 0 radical (unpaired) electrons. The summed E-state index contributed by atoms with van der Waals surface area (Å²) in [5, 5.41) is 3.75. The van der Waals surface area contributed by atoms with Crippen LogP contribution >= 0.6 is 0 Å². The first-order chi connectivity index (χ1) is 7.97. The van der Waals surface area contributed by atoms with Crippen LogP contribution in [0, 0.1) is 0 Å². The molecule has 0 heterocycles. The highest BCUT2D eigenvalue weighted by Gasteiger charge is 2.02. The van der Waals surface area contributed by atoms with E-state index in [0.717, 1.165) is 11.8 Å². The number of hydrogen-bond donors (Lipinski definition) is 0. The van der Waals surface area contributed by atoms with Crippen molar-refractivity contribution in [2.75, 3.05) is 12.9 Å². The van der Waals surface area contributed by atoms with Crippen LogP contribution in [0.3, 0.4) is 0 Å². The molecule has 1 rings (SSSR count). The smallest absolute Gasteiger partial charge is 0.264 e. The van der Waals surface area contributed by atoms with Crippen LogP contribution in [0.15, 0.2) is 35.5 Å². The average Bonchev–Trinajstić information content (AvgIpc) is 2.27. The second-order valence-electron chi connectivity index (χ2n) is 3.55. The number of benzene rings is 1. The van der Waals surface area contributed by atoms with Crippen molar-refractivity contribution in [3.63, 3.8) is 0 Å². The Morgan fingerprint density at radius 2 is 1.94 bits per heavy atom. The van der Waals surface area contributed by atoms with Crippen LogP contribution < -0.4 is 0 Å². The largest absolute Gasteiger partial charge is 0.391 e. The maximum Gasteiger partial charge on any atom is 0.264 e. The lowest BCUT2D eigenvalue weighted by Crippen LogP contribution is -2.10. The zero-order chi connectivity index (χ0) is 12.7. The molecule has 1 aromatic carbocycles. The maximum atomic E-state index is 10.7. The van der Waals surface area contributed by atoms with Gasteiger partial charge in [-0.3, -0.25) is 4.18 Å². The molecule has 0 amide bonds. The van der Waals surface area contributed by atoms with E-state index in [1.54, 1.807) is 6.92 Å². The van der Waals surface area contributed by atoms with E-state index in [1.165, 1.54) is 0 Å². The van der Waals surface area contributed by atoms with E-state index < -0.39 is 10.1 Å². The van der Waals surface area contributed by atoms with Gasteiger partial charge in [0.05, 0.1) is 12.0 Å². The van der Waals surface area contributed by atoms with Crippen LogP contribution in [-0.2, 0) is 25.7 Å². The molecule has 5 nitrogen and oxygen atoms in total. The topological polar surface area (TPSA) is 65.0 Å². The van der Waals surface area contributed by atoms with Gasteiger partial charge >= 0.3 is 0 Å². The normalized spacial score (nSPS) is 12.5. The van der Waals surface area contributed by atoms with Gasteiger partial charge in [-0.2, -0.15) is 8.42 Å². The lowest BCUT2D eigenvalue weighted by atomic mass is 10.2. The van der Waals surface area contributed by atoms with Gasteiger partial charge in [0.1, 0.15) is 13.2 Å². The number of oxime groups is 1. The molecule has 0 spiro atoms. The van der Waals surface area contributed by atoms with Gasteiger partial charge in [-0.15, -0.1) is 0 Å². The maximum absolute atomic E-state index is 10.7. The van der Waals surface area contributed by atoms with E-state index in [-0.39, 0.29) is 6.61 Å². The van der Waals surface area contributed by atoms with Crippen molar-refractivity contribution in [1.29, 1.82) is 0 Å². The molecule has 0 aliphatic heterocycles. The minimum Gasteiger partial charge on any atom is -0.391 e. The predicted molar refractivity (Wildman–Crippen MR) is 65.1 cm³/mol. The van der Waals surface area contributed by atoms with Crippen molar-refractivity contribution in [1.82, 2.24) is 0 Å². The summed E-state index contributed by atoms with van der Waals surface area (Å²) in [7, 11) is -3.43. The van der Waals surface area contributed by atoms with Gasteiger partial charge in [-0.1, -0.05) is 35.5 Å². The Kier molecular flexibility index (Phi) is 5.11. The quantitative estimate of drug-likeness (QED) is 0.440. The van der Waals surface area contributed by atoms with Crippen LogP contribution in [0.5, 0.6) is 0 Å². The Morgan fingerprint density at radius 3 is 2.53 bits per heavy atom. The fourth-order valence-electron chi connectivity index (χ4n) is 1.01. The van der Waals surface area contributed by atoms with Crippen molar-refractivity contribution in [2.24, 2.45) is 5.16 Å². The number of rotatable bonds is 6. The minimum absolute atomic E-state index is 0.0897. The van der Waals surface area contributed by atoms with E-state index in [4.69, 9.17) is 4.84 Å². The van der Waals surface area contributed by atoms with Gasteiger partial charge in [0.2, 0.25) is 0 Å². The third kappa shape index (κ3) is 6.70. The Hall–Kier alpha value is -1.40. The predicted octanol–water partition coefficient (Wildman–Crippen LogP) is 1.56. The summed E-state index contributed by atoms with van der Waals surface area (Å²) < 4.78 is 26.0. The second-order valence-corrected chi connectivity index (χ2v) is 5.20. The van der Waals surface area contributed by atoms with Crippen molar-refractivity contribution in [3.8, 4) is 0 Å². The third-order valence-electron chi connectivity index (χ3n) is 1.78. The Morgan fingerprint density at radius 1 is 1.29 bits per heavy atom. The molecule has 0 fully saturated rings. The third-order valence-corrected chi connectivity index (χ3v) is 2.32. The lowest BCUT2D eigenvalue weighted by Gasteiger charge is -2.02. The van der Waals surface area contributed by atoms with E-state index in [0.29, 0.717) is 12.3 Å². The van der Waals surface area contributed by atoms with Gasteiger partial charge in [0, 0.05) is 0 Å². The zero-order valence-electron chi connectivity index (χ0n) is 9.79. The molecule has 1 aromatic rings. The van der Waals surface area contributed by atoms with Gasteiger partial charge in [-0.05, 0) is 12.5 Å². The Balaban J connectivity index is 2.34.